The molecule has 2 unspecified atom stereocenters. The Bertz CT molecular complexity index is 114. The minimum absolute atomic E-state index is 0.104. The molecule has 0 aromatic heterocycles. The molecule has 0 aliphatic carbocycles. The highest BCUT2D eigenvalue weighted by Crippen LogP contribution is 2.50. The molecule has 0 bridgehead atoms. The van der Waals surface area contributed by atoms with Crippen LogP contribution in [0.1, 0.15) is 20.8 Å². The monoisotopic (exact) mass is 165 g/mol. The third-order valence-corrected chi connectivity index (χ3v) is 5.48. The fourth-order valence-corrected chi connectivity index (χ4v) is 3.96. The molecule has 3 heteroatoms. The summed E-state index contributed by atoms with van der Waals surface area (Å²) in [4.78, 5) is 0. The van der Waals surface area contributed by atoms with Gasteiger partial charge in [-0.15, -0.1) is 0 Å². The first-order valence-corrected chi connectivity index (χ1v) is 5.31. The maximum atomic E-state index is 7.70. The van der Waals surface area contributed by atoms with Gasteiger partial charge in [0.25, 0.3) is 0 Å². The van der Waals surface area contributed by atoms with E-state index in [0.717, 1.165) is 0 Å². The van der Waals surface area contributed by atoms with Gasteiger partial charge in [0.05, 0.1) is 10.00 Å². The van der Waals surface area contributed by atoms with Crippen molar-refractivity contribution in [2.75, 3.05) is 0 Å². The normalized spacial score (nSPS) is 41.3. The molecular formula is C6H13OS2+. The van der Waals surface area contributed by atoms with Gasteiger partial charge >= 0.3 is 0 Å². The molecule has 9 heavy (non-hydrogen) atoms. The van der Waals surface area contributed by atoms with Crippen LogP contribution >= 0.6 is 21.6 Å². The standard InChI is InChI=1S/C6H12OS2/c1-4-5(7)6(2,3)9-8-4/h4-5,7H,1-3H3/p+1. The highest BCUT2D eigenvalue weighted by Gasteiger charge is 2.44. The van der Waals surface area contributed by atoms with Crippen molar-refractivity contribution in [2.24, 2.45) is 0 Å². The smallest absolute Gasteiger partial charge is 0.181 e. The molecule has 0 aromatic rings. The zero-order valence-electron chi connectivity index (χ0n) is 5.97. The topological polar surface area (TPSA) is 22.9 Å². The Morgan fingerprint density at radius 1 is 1.44 bits per heavy atom. The third-order valence-electron chi connectivity index (χ3n) is 1.63. The second kappa shape index (κ2) is 2.36. The minimum Gasteiger partial charge on any atom is -0.441 e. The van der Waals surface area contributed by atoms with E-state index in [2.05, 4.69) is 20.8 Å². The third kappa shape index (κ3) is 1.38. The molecule has 1 fully saturated rings. The summed E-state index contributed by atoms with van der Waals surface area (Å²) in [5.74, 6) is 0. The van der Waals surface area contributed by atoms with Gasteiger partial charge in [0.1, 0.15) is 0 Å². The van der Waals surface area contributed by atoms with Crippen LogP contribution in [-0.2, 0) is 0 Å². The molecule has 2 atom stereocenters. The second-order valence-corrected chi connectivity index (χ2v) is 6.20. The molecular weight excluding hydrogens is 152 g/mol. The van der Waals surface area contributed by atoms with Crippen LogP contribution in [0, 0.1) is 0 Å². The molecule has 1 rings (SSSR count). The molecule has 1 aliphatic rings. The largest absolute Gasteiger partial charge is 0.441 e. The fraction of sp³-hybridized carbons (Fsp3) is 1.00. The summed E-state index contributed by atoms with van der Waals surface area (Å²) in [7, 11) is 3.69. The van der Waals surface area contributed by atoms with E-state index in [1.165, 1.54) is 0 Å². The first-order chi connectivity index (χ1) is 4.04. The lowest BCUT2D eigenvalue weighted by molar-refractivity contribution is 0.147. The Hall–Kier alpha value is 0.660. The molecule has 0 radical (unpaired) electrons. The Balaban J connectivity index is 2.62. The van der Waals surface area contributed by atoms with Crippen molar-refractivity contribution in [3.8, 4) is 0 Å². The van der Waals surface area contributed by atoms with Crippen molar-refractivity contribution in [2.45, 2.75) is 36.9 Å². The van der Waals surface area contributed by atoms with Crippen LogP contribution in [0.4, 0.5) is 0 Å². The van der Waals surface area contributed by atoms with E-state index < -0.39 is 0 Å². The molecule has 0 saturated carbocycles. The highest BCUT2D eigenvalue weighted by molar-refractivity contribution is 8.77. The van der Waals surface area contributed by atoms with Crippen LogP contribution in [0.25, 0.3) is 0 Å². The van der Waals surface area contributed by atoms with Crippen molar-refractivity contribution in [3.05, 3.63) is 0 Å². The van der Waals surface area contributed by atoms with E-state index in [1.807, 2.05) is 21.6 Å². The van der Waals surface area contributed by atoms with E-state index in [1.54, 1.807) is 0 Å². The first kappa shape index (κ1) is 7.76. The minimum atomic E-state index is 0.104. The van der Waals surface area contributed by atoms with E-state index in [0.29, 0.717) is 5.25 Å². The van der Waals surface area contributed by atoms with Crippen LogP contribution in [0.5, 0.6) is 0 Å². The van der Waals surface area contributed by atoms with Crippen LogP contribution < -0.4 is 0 Å². The predicted molar refractivity (Wildman–Crippen MR) is 46.1 cm³/mol. The molecule has 1 nitrogen and oxygen atoms in total. The lowest BCUT2D eigenvalue weighted by Crippen LogP contribution is -2.33. The SMILES string of the molecule is CC1SSC(C)(C)C1[OH2+]. The van der Waals surface area contributed by atoms with E-state index in [4.69, 9.17) is 5.11 Å². The molecule has 1 aliphatic heterocycles. The zero-order chi connectivity index (χ0) is 7.07. The Labute approximate surface area is 64.0 Å². The van der Waals surface area contributed by atoms with E-state index in [-0.39, 0.29) is 10.9 Å². The quantitative estimate of drug-likeness (QED) is 0.402. The maximum absolute atomic E-state index is 7.70. The fourth-order valence-electron chi connectivity index (χ4n) is 0.873. The van der Waals surface area contributed by atoms with Gasteiger partial charge in [0.2, 0.25) is 0 Å². The zero-order valence-corrected chi connectivity index (χ0v) is 7.60. The number of hydrogen-bond acceptors (Lipinski definition) is 2. The number of hydrogen-bond donors (Lipinski definition) is 0. The molecule has 0 spiro atoms. The molecule has 1 saturated heterocycles. The Morgan fingerprint density at radius 2 is 2.00 bits per heavy atom. The van der Waals surface area contributed by atoms with Gasteiger partial charge in [-0.2, -0.15) is 0 Å². The van der Waals surface area contributed by atoms with Crippen molar-refractivity contribution in [1.29, 1.82) is 0 Å². The second-order valence-electron chi connectivity index (χ2n) is 2.97. The Kier molecular flexibility index (Phi) is 2.04. The summed E-state index contributed by atoms with van der Waals surface area (Å²) in [6.07, 6.45) is 0.104. The van der Waals surface area contributed by atoms with Crippen LogP contribution in [0.15, 0.2) is 0 Å². The number of rotatable bonds is 0. The summed E-state index contributed by atoms with van der Waals surface area (Å²) in [5.41, 5.74) is 0. The van der Waals surface area contributed by atoms with Crippen molar-refractivity contribution in [3.63, 3.8) is 0 Å². The van der Waals surface area contributed by atoms with Gasteiger partial charge in [-0.1, -0.05) is 21.6 Å². The first-order valence-electron chi connectivity index (χ1n) is 3.09. The molecule has 1 heterocycles. The Morgan fingerprint density at radius 3 is 2.11 bits per heavy atom. The van der Waals surface area contributed by atoms with Crippen molar-refractivity contribution < 1.29 is 5.11 Å². The van der Waals surface area contributed by atoms with Gasteiger partial charge in [0.15, 0.2) is 6.10 Å². The van der Waals surface area contributed by atoms with Crippen molar-refractivity contribution in [1.82, 2.24) is 0 Å². The van der Waals surface area contributed by atoms with Gasteiger partial charge in [-0.3, -0.25) is 0 Å². The summed E-state index contributed by atoms with van der Waals surface area (Å²) < 4.78 is 0.171. The maximum Gasteiger partial charge on any atom is 0.181 e. The summed E-state index contributed by atoms with van der Waals surface area (Å²) in [6, 6.07) is 0. The van der Waals surface area contributed by atoms with Gasteiger partial charge < -0.3 is 5.11 Å². The molecule has 0 amide bonds. The summed E-state index contributed by atoms with van der Waals surface area (Å²) in [5, 5.41) is 8.20. The van der Waals surface area contributed by atoms with Crippen LogP contribution in [0.2, 0.25) is 0 Å². The van der Waals surface area contributed by atoms with Crippen molar-refractivity contribution >= 4 is 21.6 Å². The lowest BCUT2D eigenvalue weighted by atomic mass is 10.0. The summed E-state index contributed by atoms with van der Waals surface area (Å²) in [6.45, 7) is 6.42. The predicted octanol–water partition coefficient (Wildman–Crippen LogP) is 1.64. The molecule has 54 valence electrons. The average molecular weight is 165 g/mol. The van der Waals surface area contributed by atoms with Gasteiger partial charge in [-0.25, -0.2) is 0 Å². The molecule has 0 aromatic carbocycles. The summed E-state index contributed by atoms with van der Waals surface area (Å²) >= 11 is 0. The van der Waals surface area contributed by atoms with Crippen LogP contribution in [-0.4, -0.2) is 21.2 Å². The van der Waals surface area contributed by atoms with E-state index >= 15 is 0 Å². The lowest BCUT2D eigenvalue weighted by Gasteiger charge is -2.16. The molecule has 2 N–H and O–H groups in total. The van der Waals surface area contributed by atoms with Gasteiger partial charge in [-0.05, 0) is 20.8 Å². The highest BCUT2D eigenvalue weighted by atomic mass is 33.1. The average Bonchev–Trinajstić information content (AvgIpc) is 1.97. The van der Waals surface area contributed by atoms with Crippen LogP contribution in [0.3, 0.4) is 0 Å². The van der Waals surface area contributed by atoms with Gasteiger partial charge in [0, 0.05) is 0 Å². The van der Waals surface area contributed by atoms with E-state index in [9.17, 15) is 0 Å².